The number of aromatic nitrogens is 2. The molecule has 2 rings (SSSR count). The maximum absolute atomic E-state index is 7.24. The van der Waals surface area contributed by atoms with Crippen LogP contribution in [0, 0.1) is 5.41 Å². The van der Waals surface area contributed by atoms with Gasteiger partial charge in [-0.3, -0.25) is 10.5 Å². The van der Waals surface area contributed by atoms with Crippen LogP contribution in [0.15, 0.2) is 36.7 Å². The van der Waals surface area contributed by atoms with Crippen molar-refractivity contribution in [3.05, 3.63) is 42.2 Å². The molecule has 0 amide bonds. The Labute approximate surface area is 81.3 Å². The molecule has 0 saturated carbocycles. The van der Waals surface area contributed by atoms with Gasteiger partial charge in [-0.05, 0) is 5.56 Å². The van der Waals surface area contributed by atoms with Gasteiger partial charge in [0.1, 0.15) is 5.84 Å². The van der Waals surface area contributed by atoms with Crippen LogP contribution < -0.4 is 5.73 Å². The highest BCUT2D eigenvalue weighted by molar-refractivity contribution is 5.95. The lowest BCUT2D eigenvalue weighted by Gasteiger charge is -1.99. The van der Waals surface area contributed by atoms with E-state index in [1.54, 1.807) is 6.20 Å². The largest absolute Gasteiger partial charge is 0.384 e. The Hall–Kier alpha value is -2.10. The molecule has 0 unspecified atom stereocenters. The van der Waals surface area contributed by atoms with E-state index in [-0.39, 0.29) is 5.84 Å². The van der Waals surface area contributed by atoms with E-state index in [4.69, 9.17) is 11.1 Å². The molecule has 70 valence electrons. The molecule has 4 N–H and O–H groups in total. The second-order valence-corrected chi connectivity index (χ2v) is 2.98. The van der Waals surface area contributed by atoms with Crippen LogP contribution in [0.3, 0.4) is 0 Å². The molecule has 14 heavy (non-hydrogen) atoms. The van der Waals surface area contributed by atoms with E-state index in [1.807, 2.05) is 30.5 Å². The highest BCUT2D eigenvalue weighted by Gasteiger charge is 1.99. The van der Waals surface area contributed by atoms with Gasteiger partial charge < -0.3 is 5.73 Å². The summed E-state index contributed by atoms with van der Waals surface area (Å²) in [5.74, 6) is 0.0868. The number of amidine groups is 1. The van der Waals surface area contributed by atoms with Crippen LogP contribution in [0.4, 0.5) is 0 Å². The Morgan fingerprint density at radius 3 is 2.43 bits per heavy atom. The number of H-pyrrole nitrogens is 1. The summed E-state index contributed by atoms with van der Waals surface area (Å²) in [5.41, 5.74) is 8.17. The van der Waals surface area contributed by atoms with Crippen molar-refractivity contribution in [1.82, 2.24) is 10.2 Å². The molecule has 0 aliphatic rings. The number of nitrogen functional groups attached to an aromatic ring is 1. The standard InChI is InChI=1S/C10H10N4/c11-10(12)8-3-1-7(2-4-8)9-5-13-14-6-9/h1-6H,(H3,11,12)(H,13,14). The lowest BCUT2D eigenvalue weighted by Crippen LogP contribution is -2.10. The van der Waals surface area contributed by atoms with Crippen LogP contribution in [0.25, 0.3) is 11.1 Å². The summed E-state index contributed by atoms with van der Waals surface area (Å²) in [5, 5.41) is 13.9. The van der Waals surface area contributed by atoms with Crippen molar-refractivity contribution >= 4 is 5.84 Å². The third-order valence-electron chi connectivity index (χ3n) is 2.03. The highest BCUT2D eigenvalue weighted by atomic mass is 15.1. The van der Waals surface area contributed by atoms with E-state index < -0.39 is 0 Å². The van der Waals surface area contributed by atoms with E-state index in [1.165, 1.54) is 0 Å². The van der Waals surface area contributed by atoms with Crippen LogP contribution in [0.5, 0.6) is 0 Å². The molecular formula is C10H10N4. The van der Waals surface area contributed by atoms with Crippen molar-refractivity contribution in [2.24, 2.45) is 5.73 Å². The van der Waals surface area contributed by atoms with Crippen LogP contribution in [-0.2, 0) is 0 Å². The van der Waals surface area contributed by atoms with Gasteiger partial charge in [0.2, 0.25) is 0 Å². The second kappa shape index (κ2) is 3.33. The number of benzene rings is 1. The Morgan fingerprint density at radius 1 is 1.21 bits per heavy atom. The van der Waals surface area contributed by atoms with Gasteiger partial charge in [0.05, 0.1) is 6.20 Å². The van der Waals surface area contributed by atoms with Crippen molar-refractivity contribution < 1.29 is 0 Å². The van der Waals surface area contributed by atoms with Gasteiger partial charge in [-0.25, -0.2) is 0 Å². The molecule has 4 nitrogen and oxygen atoms in total. The molecule has 4 heteroatoms. The first kappa shape index (κ1) is 8.50. The summed E-state index contributed by atoms with van der Waals surface area (Å²) in [6.07, 6.45) is 3.57. The lowest BCUT2D eigenvalue weighted by atomic mass is 10.1. The number of hydrogen-bond donors (Lipinski definition) is 3. The van der Waals surface area contributed by atoms with E-state index in [0.717, 1.165) is 16.7 Å². The molecule has 0 saturated heterocycles. The topological polar surface area (TPSA) is 78.6 Å². The van der Waals surface area contributed by atoms with Crippen LogP contribution in [0.1, 0.15) is 5.56 Å². The fourth-order valence-electron chi connectivity index (χ4n) is 1.25. The van der Waals surface area contributed by atoms with Crippen molar-refractivity contribution in [3.8, 4) is 11.1 Å². The molecule has 0 bridgehead atoms. The van der Waals surface area contributed by atoms with Gasteiger partial charge in [-0.1, -0.05) is 24.3 Å². The monoisotopic (exact) mass is 186 g/mol. The summed E-state index contributed by atoms with van der Waals surface area (Å²) >= 11 is 0. The average molecular weight is 186 g/mol. The first-order valence-corrected chi connectivity index (χ1v) is 4.21. The van der Waals surface area contributed by atoms with Gasteiger partial charge in [-0.15, -0.1) is 0 Å². The van der Waals surface area contributed by atoms with Gasteiger partial charge in [0.25, 0.3) is 0 Å². The molecule has 0 radical (unpaired) electrons. The number of aromatic amines is 1. The third kappa shape index (κ3) is 1.50. The average Bonchev–Trinajstić information content (AvgIpc) is 2.71. The van der Waals surface area contributed by atoms with Crippen LogP contribution in [-0.4, -0.2) is 16.0 Å². The van der Waals surface area contributed by atoms with Crippen LogP contribution >= 0.6 is 0 Å². The highest BCUT2D eigenvalue weighted by Crippen LogP contribution is 2.17. The molecule has 1 heterocycles. The van der Waals surface area contributed by atoms with Crippen molar-refractivity contribution in [2.45, 2.75) is 0 Å². The van der Waals surface area contributed by atoms with E-state index in [2.05, 4.69) is 10.2 Å². The molecule has 0 spiro atoms. The maximum atomic E-state index is 7.24. The van der Waals surface area contributed by atoms with E-state index in [0.29, 0.717) is 0 Å². The zero-order valence-electron chi connectivity index (χ0n) is 7.49. The molecule has 1 aromatic heterocycles. The molecule has 1 aromatic carbocycles. The van der Waals surface area contributed by atoms with Crippen LogP contribution in [0.2, 0.25) is 0 Å². The molecule has 2 aromatic rings. The number of nitrogens with one attached hydrogen (secondary N) is 2. The molecular weight excluding hydrogens is 176 g/mol. The maximum Gasteiger partial charge on any atom is 0.122 e. The number of hydrogen-bond acceptors (Lipinski definition) is 2. The summed E-state index contributed by atoms with van der Waals surface area (Å²) < 4.78 is 0. The Morgan fingerprint density at radius 2 is 1.93 bits per heavy atom. The third-order valence-corrected chi connectivity index (χ3v) is 2.03. The van der Waals surface area contributed by atoms with Gasteiger partial charge >= 0.3 is 0 Å². The number of nitrogens with zero attached hydrogens (tertiary/aromatic N) is 1. The summed E-state index contributed by atoms with van der Waals surface area (Å²) in [7, 11) is 0. The lowest BCUT2D eigenvalue weighted by molar-refractivity contribution is 1.09. The molecule has 0 aliphatic carbocycles. The van der Waals surface area contributed by atoms with Crippen molar-refractivity contribution in [1.29, 1.82) is 5.41 Å². The molecule has 0 atom stereocenters. The predicted octanol–water partition coefficient (Wildman–Crippen LogP) is 1.36. The Balaban J connectivity index is 2.36. The minimum absolute atomic E-state index is 0.0868. The van der Waals surface area contributed by atoms with E-state index >= 15 is 0 Å². The van der Waals surface area contributed by atoms with Gasteiger partial charge in [-0.2, -0.15) is 5.10 Å². The summed E-state index contributed by atoms with van der Waals surface area (Å²) in [6, 6.07) is 7.48. The quantitative estimate of drug-likeness (QED) is 0.489. The first-order valence-electron chi connectivity index (χ1n) is 4.21. The first-order chi connectivity index (χ1) is 6.77. The minimum atomic E-state index is 0.0868. The molecule has 0 aliphatic heterocycles. The normalized spacial score (nSPS) is 10.0. The number of nitrogens with two attached hydrogens (primary N) is 1. The molecule has 0 fully saturated rings. The fourth-order valence-corrected chi connectivity index (χ4v) is 1.25. The van der Waals surface area contributed by atoms with Crippen molar-refractivity contribution in [3.63, 3.8) is 0 Å². The second-order valence-electron chi connectivity index (χ2n) is 2.98. The van der Waals surface area contributed by atoms with Gasteiger partial charge in [0, 0.05) is 17.3 Å². The Bertz CT molecular complexity index is 428. The van der Waals surface area contributed by atoms with Gasteiger partial charge in [0.15, 0.2) is 0 Å². The van der Waals surface area contributed by atoms with Crippen molar-refractivity contribution in [2.75, 3.05) is 0 Å². The minimum Gasteiger partial charge on any atom is -0.384 e. The number of rotatable bonds is 2. The smallest absolute Gasteiger partial charge is 0.122 e. The SMILES string of the molecule is N=C(N)c1ccc(-c2cn[nH]c2)cc1. The fraction of sp³-hybridized carbons (Fsp3) is 0. The summed E-state index contributed by atoms with van der Waals surface area (Å²) in [4.78, 5) is 0. The Kier molecular flexibility index (Phi) is 2.02. The predicted molar refractivity (Wildman–Crippen MR) is 55.0 cm³/mol. The summed E-state index contributed by atoms with van der Waals surface area (Å²) in [6.45, 7) is 0. The zero-order chi connectivity index (χ0) is 9.97. The van der Waals surface area contributed by atoms with E-state index in [9.17, 15) is 0 Å². The zero-order valence-corrected chi connectivity index (χ0v) is 7.49.